The molecule has 0 radical (unpaired) electrons. The Morgan fingerprint density at radius 1 is 1.48 bits per heavy atom. The molecule has 1 saturated heterocycles. The zero-order valence-corrected chi connectivity index (χ0v) is 16.3. The summed E-state index contributed by atoms with van der Waals surface area (Å²) in [6.07, 6.45) is 3.55. The molecule has 0 aliphatic carbocycles. The number of ether oxygens (including phenoxy) is 1. The van der Waals surface area contributed by atoms with Crippen LogP contribution in [0.15, 0.2) is 24.4 Å². The van der Waals surface area contributed by atoms with E-state index in [1.807, 2.05) is 29.0 Å². The minimum atomic E-state index is -0.328. The Hall–Kier alpha value is -3.34. The van der Waals surface area contributed by atoms with Gasteiger partial charge >= 0.3 is 0 Å². The van der Waals surface area contributed by atoms with Crippen molar-refractivity contribution in [3.63, 3.8) is 0 Å². The first-order chi connectivity index (χ1) is 14.0. The van der Waals surface area contributed by atoms with E-state index in [2.05, 4.69) is 4.85 Å². The zero-order chi connectivity index (χ0) is 20.5. The Labute approximate surface area is 169 Å². The minimum absolute atomic E-state index is 0.0131. The quantitative estimate of drug-likeness (QED) is 0.787. The maximum absolute atomic E-state index is 12.4. The number of benzene rings is 1. The van der Waals surface area contributed by atoms with Crippen molar-refractivity contribution in [3.8, 4) is 17.1 Å². The molecular formula is C21H23N5O3. The lowest BCUT2D eigenvalue weighted by Gasteiger charge is -2.18. The van der Waals surface area contributed by atoms with Crippen LogP contribution in [0.1, 0.15) is 25.3 Å². The highest BCUT2D eigenvalue weighted by molar-refractivity contribution is 5.95. The average Bonchev–Trinajstić information content (AvgIpc) is 3.21. The highest BCUT2D eigenvalue weighted by atomic mass is 16.5. The van der Waals surface area contributed by atoms with Crippen molar-refractivity contribution in [1.29, 1.82) is 0 Å². The molecule has 0 unspecified atom stereocenters. The van der Waals surface area contributed by atoms with E-state index in [0.29, 0.717) is 44.0 Å². The zero-order valence-electron chi connectivity index (χ0n) is 16.3. The first-order valence-corrected chi connectivity index (χ1v) is 9.75. The molecule has 150 valence electrons. The number of hydrogen-bond donors (Lipinski definition) is 1. The fraction of sp³-hybridized carbons (Fsp3) is 0.429. The molecule has 4 rings (SSSR count). The summed E-state index contributed by atoms with van der Waals surface area (Å²) < 4.78 is 7.91. The third-order valence-electron chi connectivity index (χ3n) is 5.54. The molecule has 1 fully saturated rings. The molecule has 3 heterocycles. The smallest absolute Gasteiger partial charge is 0.235 e. The number of nitrogens with zero attached hydrogens (tertiary/aromatic N) is 4. The molecule has 2 aliphatic rings. The van der Waals surface area contributed by atoms with Crippen molar-refractivity contribution in [2.75, 3.05) is 18.1 Å². The van der Waals surface area contributed by atoms with Crippen LogP contribution in [0.5, 0.6) is 5.75 Å². The number of primary amides is 1. The van der Waals surface area contributed by atoms with Gasteiger partial charge in [-0.15, -0.1) is 0 Å². The molecule has 2 amide bonds. The topological polar surface area (TPSA) is 94.8 Å². The first-order valence-electron chi connectivity index (χ1n) is 9.75. The number of imidazole rings is 1. The molecule has 2 atom stereocenters. The number of hydrogen-bond acceptors (Lipinski definition) is 4. The lowest BCUT2D eigenvalue weighted by atomic mass is 9.99. The summed E-state index contributed by atoms with van der Waals surface area (Å²) in [6, 6.07) is 5.71. The Balaban J connectivity index is 1.68. The second-order valence-corrected chi connectivity index (χ2v) is 7.60. The van der Waals surface area contributed by atoms with E-state index in [9.17, 15) is 9.59 Å². The number of nitrogens with two attached hydrogens (primary N) is 1. The molecule has 0 bridgehead atoms. The number of fused-ring (bicyclic) bond motifs is 3. The van der Waals surface area contributed by atoms with E-state index in [1.165, 1.54) is 0 Å². The normalized spacial score (nSPS) is 19.0. The average molecular weight is 393 g/mol. The van der Waals surface area contributed by atoms with Crippen molar-refractivity contribution < 1.29 is 14.3 Å². The van der Waals surface area contributed by atoms with Crippen molar-refractivity contribution in [1.82, 2.24) is 9.55 Å². The standard InChI is InChI=1S/C21H23N5O3/c1-13(20(22)28)9-14-3-5-16-17(10-14)29-8-7-25-12-18(24-21(16)25)26-15(11-23-2)4-6-19(26)27/h3,5,10,12-13,15H,4,6-9,11H2,1H3,(H2,22,28)/t13-,15+/m1/s1. The minimum Gasteiger partial charge on any atom is -0.491 e. The first kappa shape index (κ1) is 19.0. The van der Waals surface area contributed by atoms with Crippen LogP contribution in [-0.2, 0) is 22.6 Å². The number of anilines is 1. The summed E-state index contributed by atoms with van der Waals surface area (Å²) >= 11 is 0. The molecule has 29 heavy (non-hydrogen) atoms. The molecule has 8 nitrogen and oxygen atoms in total. The van der Waals surface area contributed by atoms with Crippen molar-refractivity contribution in [2.45, 2.75) is 38.8 Å². The van der Waals surface area contributed by atoms with E-state index < -0.39 is 0 Å². The Kier molecular flexibility index (Phi) is 4.97. The van der Waals surface area contributed by atoms with E-state index in [0.717, 1.165) is 17.0 Å². The third-order valence-corrected chi connectivity index (χ3v) is 5.54. The highest BCUT2D eigenvalue weighted by Crippen LogP contribution is 2.36. The molecule has 2 N–H and O–H groups in total. The van der Waals surface area contributed by atoms with Crippen LogP contribution in [0.4, 0.5) is 5.82 Å². The number of amides is 2. The van der Waals surface area contributed by atoms with E-state index >= 15 is 0 Å². The van der Waals surface area contributed by atoms with Crippen molar-refractivity contribution in [2.24, 2.45) is 11.7 Å². The van der Waals surface area contributed by atoms with Gasteiger partial charge in [-0.2, -0.15) is 0 Å². The largest absolute Gasteiger partial charge is 0.491 e. The van der Waals surface area contributed by atoms with Gasteiger partial charge in [0.15, 0.2) is 5.82 Å². The van der Waals surface area contributed by atoms with E-state index in [1.54, 1.807) is 11.8 Å². The van der Waals surface area contributed by atoms with Gasteiger partial charge in [0, 0.05) is 18.5 Å². The van der Waals surface area contributed by atoms with Gasteiger partial charge in [0.05, 0.1) is 12.1 Å². The second-order valence-electron chi connectivity index (χ2n) is 7.60. The van der Waals surface area contributed by atoms with Gasteiger partial charge in [0.2, 0.25) is 18.4 Å². The summed E-state index contributed by atoms with van der Waals surface area (Å²) in [5.74, 6) is 1.47. The van der Waals surface area contributed by atoms with Crippen LogP contribution < -0.4 is 15.4 Å². The molecular weight excluding hydrogens is 370 g/mol. The van der Waals surface area contributed by atoms with Crippen LogP contribution >= 0.6 is 0 Å². The predicted octanol–water partition coefficient (Wildman–Crippen LogP) is 2.02. The number of rotatable bonds is 5. The highest BCUT2D eigenvalue weighted by Gasteiger charge is 2.36. The number of carbonyl (C=O) groups is 2. The maximum atomic E-state index is 12.4. The maximum Gasteiger partial charge on any atom is 0.235 e. The summed E-state index contributed by atoms with van der Waals surface area (Å²) in [4.78, 5) is 33.7. The lowest BCUT2D eigenvalue weighted by molar-refractivity contribution is -0.121. The van der Waals surface area contributed by atoms with Gasteiger partial charge in [0.1, 0.15) is 24.2 Å². The monoisotopic (exact) mass is 393 g/mol. The van der Waals surface area contributed by atoms with E-state index in [-0.39, 0.29) is 30.3 Å². The van der Waals surface area contributed by atoms with Crippen molar-refractivity contribution >= 4 is 17.6 Å². The van der Waals surface area contributed by atoms with Gasteiger partial charge in [0.25, 0.3) is 0 Å². The fourth-order valence-electron chi connectivity index (χ4n) is 3.95. The van der Waals surface area contributed by atoms with Gasteiger partial charge in [-0.1, -0.05) is 13.0 Å². The molecule has 2 aliphatic heterocycles. The Morgan fingerprint density at radius 3 is 3.07 bits per heavy atom. The van der Waals surface area contributed by atoms with Gasteiger partial charge in [-0.05, 0) is 30.5 Å². The van der Waals surface area contributed by atoms with Crippen LogP contribution in [0.25, 0.3) is 16.2 Å². The molecule has 8 heteroatoms. The van der Waals surface area contributed by atoms with Gasteiger partial charge in [-0.3, -0.25) is 14.5 Å². The predicted molar refractivity (Wildman–Crippen MR) is 107 cm³/mol. The molecule has 0 saturated carbocycles. The van der Waals surface area contributed by atoms with Crippen LogP contribution in [0, 0.1) is 12.5 Å². The second kappa shape index (κ2) is 7.59. The van der Waals surface area contributed by atoms with Gasteiger partial charge in [-0.25, -0.2) is 11.6 Å². The third kappa shape index (κ3) is 3.56. The van der Waals surface area contributed by atoms with Crippen LogP contribution in [0.2, 0.25) is 0 Å². The fourth-order valence-corrected chi connectivity index (χ4v) is 3.95. The molecule has 1 aromatic carbocycles. The van der Waals surface area contributed by atoms with Crippen molar-refractivity contribution in [3.05, 3.63) is 41.4 Å². The summed E-state index contributed by atoms with van der Waals surface area (Å²) in [6.45, 7) is 10.3. The summed E-state index contributed by atoms with van der Waals surface area (Å²) in [5, 5.41) is 0. The number of carbonyl (C=O) groups excluding carboxylic acids is 2. The van der Waals surface area contributed by atoms with Crippen LogP contribution in [0.3, 0.4) is 0 Å². The summed E-state index contributed by atoms with van der Waals surface area (Å²) in [5.41, 5.74) is 7.20. The Morgan fingerprint density at radius 2 is 2.31 bits per heavy atom. The SMILES string of the molecule is [C-]#[N+]C[C@@H]1CCC(=O)N1c1cn2c(n1)-c1ccc(C[C@@H](C)C(N)=O)cc1OCC2. The Bertz CT molecular complexity index is 1010. The van der Waals surface area contributed by atoms with Crippen LogP contribution in [-0.4, -0.2) is 40.6 Å². The van der Waals surface area contributed by atoms with E-state index in [4.69, 9.17) is 22.0 Å². The van der Waals surface area contributed by atoms with Gasteiger partial charge < -0.3 is 19.9 Å². The molecule has 1 aromatic heterocycles. The number of aromatic nitrogens is 2. The lowest BCUT2D eigenvalue weighted by Crippen LogP contribution is -2.34. The molecule has 0 spiro atoms. The summed E-state index contributed by atoms with van der Waals surface area (Å²) in [7, 11) is 0. The molecule has 2 aromatic rings.